The number of nitrogens with zero attached hydrogens (tertiary/aromatic N) is 1. The van der Waals surface area contributed by atoms with Gasteiger partial charge in [-0.3, -0.25) is 0 Å². The van der Waals surface area contributed by atoms with Gasteiger partial charge in [0.05, 0.1) is 6.61 Å². The normalized spacial score (nSPS) is 15.5. The first-order valence-corrected chi connectivity index (χ1v) is 7.66. The van der Waals surface area contributed by atoms with Gasteiger partial charge in [-0.15, -0.1) is 0 Å². The SMILES string of the molecule is CC.CCCC.COCCN(C)C1CCNCC1. The zero-order chi connectivity index (χ0) is 14.2. The van der Waals surface area contributed by atoms with Crippen molar-refractivity contribution in [1.82, 2.24) is 10.2 Å². The largest absolute Gasteiger partial charge is 0.383 e. The third kappa shape index (κ3) is 12.3. The minimum absolute atomic E-state index is 0.765. The number of hydrogen-bond donors (Lipinski definition) is 1. The molecule has 0 amide bonds. The molecule has 1 heterocycles. The van der Waals surface area contributed by atoms with Crippen molar-refractivity contribution >= 4 is 0 Å². The molecule has 3 heteroatoms. The Morgan fingerprint density at radius 1 is 1.11 bits per heavy atom. The van der Waals surface area contributed by atoms with Crippen LogP contribution in [0.4, 0.5) is 0 Å². The molecule has 18 heavy (non-hydrogen) atoms. The van der Waals surface area contributed by atoms with Gasteiger partial charge in [-0.1, -0.05) is 40.5 Å². The second-order valence-electron chi connectivity index (χ2n) is 4.45. The second-order valence-corrected chi connectivity index (χ2v) is 4.45. The van der Waals surface area contributed by atoms with E-state index in [-0.39, 0.29) is 0 Å². The van der Waals surface area contributed by atoms with E-state index in [4.69, 9.17) is 4.74 Å². The first-order valence-electron chi connectivity index (χ1n) is 7.66. The van der Waals surface area contributed by atoms with E-state index in [0.29, 0.717) is 0 Å². The van der Waals surface area contributed by atoms with Crippen LogP contribution in [0, 0.1) is 0 Å². The molecule has 1 aliphatic rings. The highest BCUT2D eigenvalue weighted by Crippen LogP contribution is 2.08. The lowest BCUT2D eigenvalue weighted by atomic mass is 10.1. The van der Waals surface area contributed by atoms with E-state index in [1.165, 1.54) is 38.8 Å². The van der Waals surface area contributed by atoms with Gasteiger partial charge >= 0.3 is 0 Å². The number of likely N-dealkylation sites (N-methyl/N-ethyl adjacent to an activating group) is 1. The summed E-state index contributed by atoms with van der Waals surface area (Å²) in [5.74, 6) is 0. The van der Waals surface area contributed by atoms with Crippen LogP contribution >= 0.6 is 0 Å². The summed E-state index contributed by atoms with van der Waals surface area (Å²) in [6.45, 7) is 12.6. The lowest BCUT2D eigenvalue weighted by Crippen LogP contribution is -2.42. The zero-order valence-corrected chi connectivity index (χ0v) is 13.6. The molecule has 1 saturated heterocycles. The summed E-state index contributed by atoms with van der Waals surface area (Å²) in [5.41, 5.74) is 0. The molecule has 1 fully saturated rings. The molecule has 3 nitrogen and oxygen atoms in total. The van der Waals surface area contributed by atoms with Crippen LogP contribution in [0.5, 0.6) is 0 Å². The number of nitrogens with one attached hydrogen (secondary N) is 1. The fourth-order valence-electron chi connectivity index (χ4n) is 1.67. The molecule has 0 radical (unpaired) electrons. The number of piperidine rings is 1. The third-order valence-electron chi connectivity index (χ3n) is 3.08. The van der Waals surface area contributed by atoms with Crippen molar-refractivity contribution in [2.75, 3.05) is 40.4 Å². The summed E-state index contributed by atoms with van der Waals surface area (Å²) in [5, 5.41) is 3.37. The van der Waals surface area contributed by atoms with Gasteiger partial charge in [0.1, 0.15) is 0 Å². The molecular weight excluding hydrogens is 224 g/mol. The Morgan fingerprint density at radius 2 is 1.61 bits per heavy atom. The van der Waals surface area contributed by atoms with E-state index >= 15 is 0 Å². The average molecular weight is 260 g/mol. The molecule has 1 N–H and O–H groups in total. The van der Waals surface area contributed by atoms with Gasteiger partial charge in [0.25, 0.3) is 0 Å². The number of rotatable bonds is 5. The van der Waals surface area contributed by atoms with Crippen molar-refractivity contribution in [3.8, 4) is 0 Å². The molecule has 0 aromatic heterocycles. The number of ether oxygens (including phenoxy) is 1. The summed E-state index contributed by atoms with van der Waals surface area (Å²) in [7, 11) is 3.95. The highest BCUT2D eigenvalue weighted by atomic mass is 16.5. The molecule has 0 aromatic carbocycles. The predicted octanol–water partition coefficient (Wildman–Crippen LogP) is 3.15. The number of hydrogen-bond acceptors (Lipinski definition) is 3. The maximum Gasteiger partial charge on any atom is 0.0589 e. The monoisotopic (exact) mass is 260 g/mol. The summed E-state index contributed by atoms with van der Waals surface area (Å²) < 4.78 is 5.05. The van der Waals surface area contributed by atoms with Gasteiger partial charge in [0.2, 0.25) is 0 Å². The van der Waals surface area contributed by atoms with Gasteiger partial charge in [-0.2, -0.15) is 0 Å². The van der Waals surface area contributed by atoms with E-state index in [2.05, 4.69) is 31.1 Å². The first-order chi connectivity index (χ1) is 8.76. The van der Waals surface area contributed by atoms with Crippen LogP contribution in [0.25, 0.3) is 0 Å². The Morgan fingerprint density at radius 3 is 2.00 bits per heavy atom. The van der Waals surface area contributed by atoms with E-state index < -0.39 is 0 Å². The van der Waals surface area contributed by atoms with Gasteiger partial charge in [-0.25, -0.2) is 0 Å². The average Bonchev–Trinajstić information content (AvgIpc) is 2.48. The summed E-state index contributed by atoms with van der Waals surface area (Å²) in [6, 6.07) is 0.765. The number of methoxy groups -OCH3 is 1. The molecule has 112 valence electrons. The van der Waals surface area contributed by atoms with Gasteiger partial charge in [0.15, 0.2) is 0 Å². The molecule has 0 aliphatic carbocycles. The van der Waals surface area contributed by atoms with E-state index in [9.17, 15) is 0 Å². The third-order valence-corrected chi connectivity index (χ3v) is 3.08. The van der Waals surface area contributed by atoms with Crippen LogP contribution in [0.1, 0.15) is 53.4 Å². The van der Waals surface area contributed by atoms with Crippen LogP contribution in [0.15, 0.2) is 0 Å². The smallest absolute Gasteiger partial charge is 0.0589 e. The summed E-state index contributed by atoms with van der Waals surface area (Å²) in [6.07, 6.45) is 5.19. The molecule has 0 aromatic rings. The Labute approximate surface area is 115 Å². The lowest BCUT2D eigenvalue weighted by molar-refractivity contribution is 0.126. The lowest BCUT2D eigenvalue weighted by Gasteiger charge is -2.31. The van der Waals surface area contributed by atoms with Crippen molar-refractivity contribution in [3.05, 3.63) is 0 Å². The molecule has 0 spiro atoms. The van der Waals surface area contributed by atoms with Crippen molar-refractivity contribution < 1.29 is 4.74 Å². The molecule has 1 aliphatic heterocycles. The highest BCUT2D eigenvalue weighted by molar-refractivity contribution is 4.75. The van der Waals surface area contributed by atoms with Crippen molar-refractivity contribution in [2.24, 2.45) is 0 Å². The Kier molecular flexibility index (Phi) is 18.9. The second kappa shape index (κ2) is 16.9. The standard InChI is InChI=1S/C9H20N2O.C4H10.C2H6/c1-11(7-8-12-2)9-3-5-10-6-4-9;1-3-4-2;1-2/h9-10H,3-8H2,1-2H3;3-4H2,1-2H3;1-2H3. The fraction of sp³-hybridized carbons (Fsp3) is 1.00. The van der Waals surface area contributed by atoms with Crippen LogP contribution in [-0.2, 0) is 4.74 Å². The van der Waals surface area contributed by atoms with Crippen molar-refractivity contribution in [3.63, 3.8) is 0 Å². The maximum absolute atomic E-state index is 5.05. The molecule has 0 atom stereocenters. The van der Waals surface area contributed by atoms with E-state index in [0.717, 1.165) is 19.2 Å². The van der Waals surface area contributed by atoms with Gasteiger partial charge < -0.3 is 15.0 Å². The molecule has 0 unspecified atom stereocenters. The molecule has 1 rings (SSSR count). The molecule has 0 saturated carbocycles. The highest BCUT2D eigenvalue weighted by Gasteiger charge is 2.16. The van der Waals surface area contributed by atoms with Crippen LogP contribution in [-0.4, -0.2) is 51.3 Å². The van der Waals surface area contributed by atoms with Crippen LogP contribution in [0.2, 0.25) is 0 Å². The van der Waals surface area contributed by atoms with E-state index in [1.54, 1.807) is 7.11 Å². The number of unbranched alkanes of at least 4 members (excludes halogenated alkanes) is 1. The topological polar surface area (TPSA) is 24.5 Å². The van der Waals surface area contributed by atoms with Crippen LogP contribution in [0.3, 0.4) is 0 Å². The fourth-order valence-corrected chi connectivity index (χ4v) is 1.67. The van der Waals surface area contributed by atoms with Crippen molar-refractivity contribution in [2.45, 2.75) is 59.4 Å². The Hall–Kier alpha value is -0.120. The molecular formula is C15H36N2O. The van der Waals surface area contributed by atoms with Crippen LogP contribution < -0.4 is 5.32 Å². The minimum atomic E-state index is 0.765. The quantitative estimate of drug-likeness (QED) is 0.822. The minimum Gasteiger partial charge on any atom is -0.383 e. The van der Waals surface area contributed by atoms with Gasteiger partial charge in [0, 0.05) is 19.7 Å². The predicted molar refractivity (Wildman–Crippen MR) is 82.3 cm³/mol. The maximum atomic E-state index is 5.05. The Bertz CT molecular complexity index is 134. The summed E-state index contributed by atoms with van der Waals surface area (Å²) >= 11 is 0. The van der Waals surface area contributed by atoms with Gasteiger partial charge in [-0.05, 0) is 33.0 Å². The van der Waals surface area contributed by atoms with E-state index in [1.807, 2.05) is 13.8 Å². The zero-order valence-electron chi connectivity index (χ0n) is 13.6. The van der Waals surface area contributed by atoms with Crippen molar-refractivity contribution in [1.29, 1.82) is 0 Å². The molecule has 0 bridgehead atoms. The first kappa shape index (κ1) is 20.2. The Balaban J connectivity index is 0. The summed E-state index contributed by atoms with van der Waals surface area (Å²) in [4.78, 5) is 2.41.